The molecule has 0 aliphatic heterocycles. The third-order valence-electron chi connectivity index (χ3n) is 2.95. The Morgan fingerprint density at radius 1 is 1.29 bits per heavy atom. The van der Waals surface area contributed by atoms with E-state index in [1.807, 2.05) is 6.92 Å². The van der Waals surface area contributed by atoms with E-state index in [4.69, 9.17) is 5.73 Å². The van der Waals surface area contributed by atoms with Crippen LogP contribution in [0.15, 0.2) is 18.2 Å². The van der Waals surface area contributed by atoms with Crippen molar-refractivity contribution in [3.05, 3.63) is 35.4 Å². The largest absolute Gasteiger partial charge is 0.323 e. The van der Waals surface area contributed by atoms with E-state index in [1.165, 1.54) is 12.1 Å². The van der Waals surface area contributed by atoms with Crippen molar-refractivity contribution in [1.29, 1.82) is 0 Å². The number of benzene rings is 1. The standard InChI is InChI=1S/C13H20F2N2/c1-4-17(9(2)3)8-12(16)10-6-5-7-11(14)13(10)15/h5-7,9,12H,4,8,16H2,1-3H3. The summed E-state index contributed by atoms with van der Waals surface area (Å²) in [6, 6.07) is 3.96. The second-order valence-corrected chi connectivity index (χ2v) is 4.43. The van der Waals surface area contributed by atoms with Crippen LogP contribution in [0.3, 0.4) is 0 Å². The van der Waals surface area contributed by atoms with Crippen molar-refractivity contribution in [2.75, 3.05) is 13.1 Å². The highest BCUT2D eigenvalue weighted by atomic mass is 19.2. The normalized spacial score (nSPS) is 13.4. The fourth-order valence-electron chi connectivity index (χ4n) is 1.86. The summed E-state index contributed by atoms with van der Waals surface area (Å²) in [6.45, 7) is 7.49. The molecule has 96 valence electrons. The molecule has 0 spiro atoms. The van der Waals surface area contributed by atoms with E-state index in [0.717, 1.165) is 12.6 Å². The van der Waals surface area contributed by atoms with Crippen LogP contribution in [0.4, 0.5) is 8.78 Å². The first kappa shape index (κ1) is 14.1. The molecule has 0 amide bonds. The summed E-state index contributed by atoms with van der Waals surface area (Å²) < 4.78 is 26.6. The first-order valence-electron chi connectivity index (χ1n) is 5.90. The summed E-state index contributed by atoms with van der Waals surface area (Å²) in [4.78, 5) is 2.12. The number of hydrogen-bond donors (Lipinski definition) is 1. The van der Waals surface area contributed by atoms with Gasteiger partial charge in [-0.15, -0.1) is 0 Å². The van der Waals surface area contributed by atoms with Gasteiger partial charge < -0.3 is 5.73 Å². The molecule has 1 atom stereocenters. The van der Waals surface area contributed by atoms with Crippen molar-refractivity contribution < 1.29 is 8.78 Å². The van der Waals surface area contributed by atoms with Gasteiger partial charge in [-0.2, -0.15) is 0 Å². The number of likely N-dealkylation sites (N-methyl/N-ethyl adjacent to an activating group) is 1. The summed E-state index contributed by atoms with van der Waals surface area (Å²) >= 11 is 0. The van der Waals surface area contributed by atoms with Gasteiger partial charge in [-0.25, -0.2) is 8.78 Å². The fraction of sp³-hybridized carbons (Fsp3) is 0.538. The van der Waals surface area contributed by atoms with Crippen LogP contribution in [-0.2, 0) is 0 Å². The lowest BCUT2D eigenvalue weighted by Gasteiger charge is -2.28. The summed E-state index contributed by atoms with van der Waals surface area (Å²) in [5.41, 5.74) is 6.17. The summed E-state index contributed by atoms with van der Waals surface area (Å²) in [5.74, 6) is -1.68. The predicted octanol–water partition coefficient (Wildman–Crippen LogP) is 2.69. The van der Waals surface area contributed by atoms with Gasteiger partial charge in [0, 0.05) is 24.2 Å². The van der Waals surface area contributed by atoms with Gasteiger partial charge in [-0.1, -0.05) is 19.1 Å². The third-order valence-corrected chi connectivity index (χ3v) is 2.95. The van der Waals surface area contributed by atoms with E-state index in [9.17, 15) is 8.78 Å². The molecule has 2 N–H and O–H groups in total. The Kier molecular flexibility index (Phi) is 5.02. The van der Waals surface area contributed by atoms with Crippen LogP contribution in [0.1, 0.15) is 32.4 Å². The van der Waals surface area contributed by atoms with Crippen molar-refractivity contribution in [2.24, 2.45) is 5.73 Å². The molecule has 4 heteroatoms. The van der Waals surface area contributed by atoms with Gasteiger partial charge in [-0.3, -0.25) is 4.90 Å². The molecule has 0 aliphatic carbocycles. The molecule has 2 nitrogen and oxygen atoms in total. The minimum Gasteiger partial charge on any atom is -0.323 e. The average molecular weight is 242 g/mol. The minimum atomic E-state index is -0.842. The lowest BCUT2D eigenvalue weighted by atomic mass is 10.1. The van der Waals surface area contributed by atoms with E-state index in [0.29, 0.717) is 12.6 Å². The third kappa shape index (κ3) is 3.48. The van der Waals surface area contributed by atoms with Gasteiger partial charge in [0.25, 0.3) is 0 Å². The van der Waals surface area contributed by atoms with Gasteiger partial charge in [0.1, 0.15) is 0 Å². The van der Waals surface area contributed by atoms with Gasteiger partial charge in [0.05, 0.1) is 0 Å². The zero-order chi connectivity index (χ0) is 13.0. The lowest BCUT2D eigenvalue weighted by Crippen LogP contribution is -2.37. The molecule has 0 radical (unpaired) electrons. The first-order valence-corrected chi connectivity index (χ1v) is 5.90. The van der Waals surface area contributed by atoms with Gasteiger partial charge >= 0.3 is 0 Å². The molecule has 0 bridgehead atoms. The number of hydrogen-bond acceptors (Lipinski definition) is 2. The zero-order valence-electron chi connectivity index (χ0n) is 10.6. The Labute approximate surface area is 101 Å². The molecular weight excluding hydrogens is 222 g/mol. The monoisotopic (exact) mass is 242 g/mol. The zero-order valence-corrected chi connectivity index (χ0v) is 10.6. The topological polar surface area (TPSA) is 29.3 Å². The summed E-state index contributed by atoms with van der Waals surface area (Å²) in [7, 11) is 0. The van der Waals surface area contributed by atoms with Crippen molar-refractivity contribution in [1.82, 2.24) is 4.90 Å². The predicted molar refractivity (Wildman–Crippen MR) is 65.7 cm³/mol. The van der Waals surface area contributed by atoms with E-state index < -0.39 is 17.7 Å². The summed E-state index contributed by atoms with van der Waals surface area (Å²) in [5, 5.41) is 0. The Morgan fingerprint density at radius 2 is 1.94 bits per heavy atom. The maximum Gasteiger partial charge on any atom is 0.163 e. The van der Waals surface area contributed by atoms with Gasteiger partial charge in [0.2, 0.25) is 0 Å². The highest BCUT2D eigenvalue weighted by Gasteiger charge is 2.18. The van der Waals surface area contributed by atoms with Crippen molar-refractivity contribution in [2.45, 2.75) is 32.9 Å². The number of nitrogens with zero attached hydrogens (tertiary/aromatic N) is 1. The van der Waals surface area contributed by atoms with Crippen LogP contribution in [0.2, 0.25) is 0 Å². The number of rotatable bonds is 5. The van der Waals surface area contributed by atoms with Crippen LogP contribution < -0.4 is 5.73 Å². The van der Waals surface area contributed by atoms with Crippen LogP contribution >= 0.6 is 0 Å². The molecule has 0 aliphatic rings. The number of halogens is 2. The van der Waals surface area contributed by atoms with Gasteiger partial charge in [-0.05, 0) is 26.5 Å². The molecule has 0 saturated heterocycles. The van der Waals surface area contributed by atoms with E-state index >= 15 is 0 Å². The van der Waals surface area contributed by atoms with Crippen LogP contribution in [-0.4, -0.2) is 24.0 Å². The molecule has 0 saturated carbocycles. The SMILES string of the molecule is CCN(CC(N)c1cccc(F)c1F)C(C)C. The highest BCUT2D eigenvalue weighted by Crippen LogP contribution is 2.19. The fourth-order valence-corrected chi connectivity index (χ4v) is 1.86. The average Bonchev–Trinajstić information content (AvgIpc) is 2.28. The van der Waals surface area contributed by atoms with Crippen molar-refractivity contribution in [3.63, 3.8) is 0 Å². The molecule has 0 aromatic heterocycles. The van der Waals surface area contributed by atoms with Crippen molar-refractivity contribution in [3.8, 4) is 0 Å². The maximum atomic E-state index is 13.5. The molecule has 0 heterocycles. The maximum absolute atomic E-state index is 13.5. The van der Waals surface area contributed by atoms with Crippen LogP contribution in [0.25, 0.3) is 0 Å². The minimum absolute atomic E-state index is 0.240. The van der Waals surface area contributed by atoms with E-state index in [1.54, 1.807) is 0 Å². The second-order valence-electron chi connectivity index (χ2n) is 4.43. The highest BCUT2D eigenvalue weighted by molar-refractivity contribution is 5.22. The molecular formula is C13H20F2N2. The lowest BCUT2D eigenvalue weighted by molar-refractivity contribution is 0.218. The second kappa shape index (κ2) is 6.07. The first-order chi connectivity index (χ1) is 7.97. The number of nitrogens with two attached hydrogens (primary N) is 1. The Hall–Kier alpha value is -1.00. The van der Waals surface area contributed by atoms with Crippen molar-refractivity contribution >= 4 is 0 Å². The Bertz CT molecular complexity index is 366. The molecule has 1 aromatic carbocycles. The van der Waals surface area contributed by atoms with Gasteiger partial charge in [0.15, 0.2) is 11.6 Å². The van der Waals surface area contributed by atoms with E-state index in [2.05, 4.69) is 18.7 Å². The summed E-state index contributed by atoms with van der Waals surface area (Å²) in [6.07, 6.45) is 0. The molecule has 1 rings (SSSR count). The molecule has 1 unspecified atom stereocenters. The molecule has 0 fully saturated rings. The van der Waals surface area contributed by atoms with Crippen LogP contribution in [0.5, 0.6) is 0 Å². The Morgan fingerprint density at radius 3 is 2.47 bits per heavy atom. The van der Waals surface area contributed by atoms with E-state index in [-0.39, 0.29) is 5.56 Å². The molecule has 17 heavy (non-hydrogen) atoms. The Balaban J connectivity index is 2.82. The smallest absolute Gasteiger partial charge is 0.163 e. The molecule has 1 aromatic rings. The van der Waals surface area contributed by atoms with Crippen LogP contribution in [0, 0.1) is 11.6 Å². The quantitative estimate of drug-likeness (QED) is 0.860.